The summed E-state index contributed by atoms with van der Waals surface area (Å²) >= 11 is 2.87. The van der Waals surface area contributed by atoms with Gasteiger partial charge >= 0.3 is 12.0 Å². The van der Waals surface area contributed by atoms with Gasteiger partial charge in [-0.15, -0.1) is 22.7 Å². The number of hydrogen-bond donors (Lipinski definition) is 3. The molecule has 0 fully saturated rings. The Balaban J connectivity index is 1.72. The Kier molecular flexibility index (Phi) is 5.29. The second kappa shape index (κ2) is 7.19. The molecule has 0 aromatic carbocycles. The minimum Gasteiger partial charge on any atom is -0.476 e. The first-order valence-corrected chi connectivity index (χ1v) is 8.07. The molecule has 2 rings (SSSR count). The van der Waals surface area contributed by atoms with Crippen molar-refractivity contribution in [2.24, 2.45) is 0 Å². The SMILES string of the molecule is CC(NC(=O)NCCc1nc(C(=O)O)cs1)c1cccs1. The molecule has 0 aliphatic carbocycles. The molecule has 0 bridgehead atoms. The number of urea groups is 1. The molecule has 6 nitrogen and oxygen atoms in total. The third-order valence-electron chi connectivity index (χ3n) is 2.71. The quantitative estimate of drug-likeness (QED) is 0.761. The van der Waals surface area contributed by atoms with Crippen LogP contribution in [0, 0.1) is 0 Å². The van der Waals surface area contributed by atoms with Crippen LogP contribution in [0.15, 0.2) is 22.9 Å². The number of nitrogens with one attached hydrogen (secondary N) is 2. The number of thiophene rings is 1. The van der Waals surface area contributed by atoms with E-state index in [1.165, 1.54) is 16.7 Å². The fourth-order valence-corrected chi connectivity index (χ4v) is 3.17. The van der Waals surface area contributed by atoms with E-state index in [0.717, 1.165) is 4.88 Å². The van der Waals surface area contributed by atoms with Gasteiger partial charge in [-0.05, 0) is 18.4 Å². The molecule has 3 N–H and O–H groups in total. The molecule has 21 heavy (non-hydrogen) atoms. The van der Waals surface area contributed by atoms with E-state index in [2.05, 4.69) is 15.6 Å². The van der Waals surface area contributed by atoms with Gasteiger partial charge in [0.05, 0.1) is 11.0 Å². The molecule has 1 unspecified atom stereocenters. The smallest absolute Gasteiger partial charge is 0.355 e. The summed E-state index contributed by atoms with van der Waals surface area (Å²) in [6, 6.07) is 3.63. The summed E-state index contributed by atoms with van der Waals surface area (Å²) in [6.45, 7) is 2.33. The Morgan fingerprint density at radius 3 is 2.86 bits per heavy atom. The number of nitrogens with zero attached hydrogens (tertiary/aromatic N) is 1. The first-order valence-electron chi connectivity index (χ1n) is 6.31. The third kappa shape index (κ3) is 4.54. The van der Waals surface area contributed by atoms with Crippen molar-refractivity contribution in [2.75, 3.05) is 6.54 Å². The molecule has 0 saturated carbocycles. The average molecular weight is 325 g/mol. The lowest BCUT2D eigenvalue weighted by Gasteiger charge is -2.12. The van der Waals surface area contributed by atoms with Gasteiger partial charge in [-0.25, -0.2) is 14.6 Å². The zero-order valence-corrected chi connectivity index (χ0v) is 13.0. The number of carbonyl (C=O) groups is 2. The zero-order valence-electron chi connectivity index (χ0n) is 11.3. The lowest BCUT2D eigenvalue weighted by molar-refractivity contribution is 0.0691. The molecule has 2 aromatic heterocycles. The Hall–Kier alpha value is -1.93. The van der Waals surface area contributed by atoms with Gasteiger partial charge in [-0.1, -0.05) is 6.07 Å². The molecule has 0 aliphatic heterocycles. The molecule has 0 radical (unpaired) electrons. The van der Waals surface area contributed by atoms with Crippen molar-refractivity contribution < 1.29 is 14.7 Å². The van der Waals surface area contributed by atoms with Crippen molar-refractivity contribution in [2.45, 2.75) is 19.4 Å². The summed E-state index contributed by atoms with van der Waals surface area (Å²) in [6.07, 6.45) is 0.513. The van der Waals surface area contributed by atoms with E-state index in [9.17, 15) is 9.59 Å². The van der Waals surface area contributed by atoms with Gasteiger partial charge in [0.1, 0.15) is 0 Å². The van der Waals surface area contributed by atoms with Gasteiger partial charge in [0.25, 0.3) is 0 Å². The van der Waals surface area contributed by atoms with Crippen LogP contribution < -0.4 is 10.6 Å². The predicted molar refractivity (Wildman–Crippen MR) is 82.0 cm³/mol. The summed E-state index contributed by atoms with van der Waals surface area (Å²) in [5.41, 5.74) is 0.0470. The van der Waals surface area contributed by atoms with E-state index >= 15 is 0 Å². The maximum Gasteiger partial charge on any atom is 0.355 e. The highest BCUT2D eigenvalue weighted by Crippen LogP contribution is 2.17. The fourth-order valence-electron chi connectivity index (χ4n) is 1.66. The number of aromatic nitrogens is 1. The number of carboxylic acid groups (broad SMARTS) is 1. The lowest BCUT2D eigenvalue weighted by atomic mass is 10.3. The predicted octanol–water partition coefficient (Wildman–Crippen LogP) is 2.51. The molecule has 1 atom stereocenters. The van der Waals surface area contributed by atoms with E-state index in [-0.39, 0.29) is 17.8 Å². The Labute approximate surface area is 129 Å². The summed E-state index contributed by atoms with van der Waals surface area (Å²) in [7, 11) is 0. The van der Waals surface area contributed by atoms with E-state index < -0.39 is 5.97 Å². The fraction of sp³-hybridized carbons (Fsp3) is 0.308. The molecule has 112 valence electrons. The van der Waals surface area contributed by atoms with Crippen molar-refractivity contribution in [1.29, 1.82) is 0 Å². The zero-order chi connectivity index (χ0) is 15.2. The minimum atomic E-state index is -1.03. The monoisotopic (exact) mass is 325 g/mol. The van der Waals surface area contributed by atoms with Crippen LogP contribution in [-0.4, -0.2) is 28.6 Å². The van der Waals surface area contributed by atoms with E-state index in [1.54, 1.807) is 11.3 Å². The number of hydrogen-bond acceptors (Lipinski definition) is 5. The van der Waals surface area contributed by atoms with Crippen LogP contribution in [0.1, 0.15) is 33.3 Å². The number of rotatable bonds is 6. The van der Waals surface area contributed by atoms with Crippen molar-refractivity contribution in [3.05, 3.63) is 38.5 Å². The Morgan fingerprint density at radius 2 is 2.24 bits per heavy atom. The topological polar surface area (TPSA) is 91.3 Å². The van der Waals surface area contributed by atoms with Crippen LogP contribution in [0.3, 0.4) is 0 Å². The number of carbonyl (C=O) groups excluding carboxylic acids is 1. The molecular weight excluding hydrogens is 310 g/mol. The molecule has 0 aliphatic rings. The van der Waals surface area contributed by atoms with E-state index in [0.29, 0.717) is 18.0 Å². The Bertz CT molecular complexity index is 610. The van der Waals surface area contributed by atoms with Gasteiger partial charge in [0.2, 0.25) is 0 Å². The summed E-state index contributed by atoms with van der Waals surface area (Å²) in [5, 5.41) is 18.5. The molecule has 2 amide bonds. The average Bonchev–Trinajstić information content (AvgIpc) is 3.10. The van der Waals surface area contributed by atoms with Gasteiger partial charge in [-0.2, -0.15) is 0 Å². The molecule has 8 heteroatoms. The largest absolute Gasteiger partial charge is 0.476 e. The molecular formula is C13H15N3O3S2. The molecule has 2 heterocycles. The highest BCUT2D eigenvalue weighted by Gasteiger charge is 2.11. The van der Waals surface area contributed by atoms with Gasteiger partial charge in [0, 0.05) is 23.2 Å². The van der Waals surface area contributed by atoms with Crippen molar-refractivity contribution >= 4 is 34.7 Å². The van der Waals surface area contributed by atoms with Crippen LogP contribution in [0.5, 0.6) is 0 Å². The molecule has 0 saturated heterocycles. The highest BCUT2D eigenvalue weighted by molar-refractivity contribution is 7.10. The second-order valence-corrected chi connectivity index (χ2v) is 6.24. The van der Waals surface area contributed by atoms with Gasteiger partial charge in [-0.3, -0.25) is 0 Å². The van der Waals surface area contributed by atoms with Crippen molar-refractivity contribution in [3.63, 3.8) is 0 Å². The number of carboxylic acids is 1. The summed E-state index contributed by atoms with van der Waals surface area (Å²) in [5.74, 6) is -1.03. The molecule has 0 spiro atoms. The van der Waals surface area contributed by atoms with Crippen LogP contribution in [0.2, 0.25) is 0 Å². The number of amides is 2. The van der Waals surface area contributed by atoms with E-state index in [1.807, 2.05) is 24.4 Å². The first kappa shape index (κ1) is 15.5. The van der Waals surface area contributed by atoms with Crippen LogP contribution in [0.25, 0.3) is 0 Å². The summed E-state index contributed by atoms with van der Waals surface area (Å²) in [4.78, 5) is 27.5. The third-order valence-corrected chi connectivity index (χ3v) is 4.68. The van der Waals surface area contributed by atoms with Crippen LogP contribution in [-0.2, 0) is 6.42 Å². The van der Waals surface area contributed by atoms with E-state index in [4.69, 9.17) is 5.11 Å². The maximum atomic E-state index is 11.7. The maximum absolute atomic E-state index is 11.7. The van der Waals surface area contributed by atoms with Crippen molar-refractivity contribution in [1.82, 2.24) is 15.6 Å². The number of aromatic carboxylic acids is 1. The Morgan fingerprint density at radius 1 is 1.43 bits per heavy atom. The molecule has 2 aromatic rings. The number of thiazole rings is 1. The summed E-state index contributed by atoms with van der Waals surface area (Å²) < 4.78 is 0. The van der Waals surface area contributed by atoms with Gasteiger partial charge in [0.15, 0.2) is 5.69 Å². The van der Waals surface area contributed by atoms with Crippen molar-refractivity contribution in [3.8, 4) is 0 Å². The van der Waals surface area contributed by atoms with Crippen LogP contribution >= 0.6 is 22.7 Å². The highest BCUT2D eigenvalue weighted by atomic mass is 32.1. The van der Waals surface area contributed by atoms with Crippen LogP contribution in [0.4, 0.5) is 4.79 Å². The standard InChI is InChI=1S/C13H15N3O3S2/c1-8(10-3-2-6-20-10)15-13(19)14-5-4-11-16-9(7-21-11)12(17)18/h2-3,6-8H,4-5H2,1H3,(H,17,18)(H2,14,15,19). The second-order valence-electron chi connectivity index (χ2n) is 4.32. The lowest BCUT2D eigenvalue weighted by Crippen LogP contribution is -2.37. The first-order chi connectivity index (χ1) is 10.1. The van der Waals surface area contributed by atoms with Gasteiger partial charge < -0.3 is 15.7 Å². The normalized spacial score (nSPS) is 11.9. The minimum absolute atomic E-state index is 0.0384.